The molecule has 3 heteroatoms. The normalized spacial score (nSPS) is 10.7. The van der Waals surface area contributed by atoms with E-state index < -0.39 is 0 Å². The molecular weight excluding hydrogens is 291 g/mol. The fourth-order valence-corrected chi connectivity index (χ4v) is 2.95. The van der Waals surface area contributed by atoms with E-state index in [1.165, 1.54) is 13.7 Å². The Morgan fingerprint density at radius 3 is 2.82 bits per heavy atom. The van der Waals surface area contributed by atoms with E-state index in [1.807, 2.05) is 12.1 Å². The molecule has 0 fully saturated rings. The van der Waals surface area contributed by atoms with Crippen molar-refractivity contribution < 1.29 is 0 Å². The lowest BCUT2D eigenvalue weighted by Gasteiger charge is -1.94. The SMILES string of the molecule is Clc1ccc(I)c2sccc12. The van der Waals surface area contributed by atoms with E-state index in [1.54, 1.807) is 11.3 Å². The summed E-state index contributed by atoms with van der Waals surface area (Å²) < 4.78 is 2.56. The third-order valence-electron chi connectivity index (χ3n) is 1.52. The molecule has 1 aromatic carbocycles. The summed E-state index contributed by atoms with van der Waals surface area (Å²) >= 11 is 10.0. The molecule has 0 bridgehead atoms. The minimum absolute atomic E-state index is 0.849. The Morgan fingerprint density at radius 1 is 1.27 bits per heavy atom. The first-order chi connectivity index (χ1) is 5.29. The third-order valence-corrected chi connectivity index (χ3v) is 4.06. The molecule has 1 aromatic heterocycles. The van der Waals surface area contributed by atoms with Crippen LogP contribution in [-0.4, -0.2) is 0 Å². The average molecular weight is 295 g/mol. The molecule has 0 saturated carbocycles. The van der Waals surface area contributed by atoms with Crippen molar-refractivity contribution in [3.8, 4) is 0 Å². The Bertz CT molecular complexity index is 358. The lowest BCUT2D eigenvalue weighted by Crippen LogP contribution is -1.70. The highest BCUT2D eigenvalue weighted by Gasteiger charge is 2.02. The Balaban J connectivity index is 2.96. The summed E-state index contributed by atoms with van der Waals surface area (Å²) in [5.41, 5.74) is 0. The zero-order valence-corrected chi connectivity index (χ0v) is 9.20. The van der Waals surface area contributed by atoms with Gasteiger partial charge in [-0.05, 0) is 46.2 Å². The lowest BCUT2D eigenvalue weighted by molar-refractivity contribution is 1.79. The molecule has 0 nitrogen and oxygen atoms in total. The molecule has 0 radical (unpaired) electrons. The molecule has 1 heterocycles. The molecule has 0 unspecified atom stereocenters. The van der Waals surface area contributed by atoms with Gasteiger partial charge in [-0.1, -0.05) is 11.6 Å². The van der Waals surface area contributed by atoms with Gasteiger partial charge in [-0.2, -0.15) is 0 Å². The quantitative estimate of drug-likeness (QED) is 0.640. The van der Waals surface area contributed by atoms with Gasteiger partial charge < -0.3 is 0 Å². The molecule has 11 heavy (non-hydrogen) atoms. The van der Waals surface area contributed by atoms with Gasteiger partial charge >= 0.3 is 0 Å². The molecular formula is C8H4ClIS. The van der Waals surface area contributed by atoms with Gasteiger partial charge in [0.2, 0.25) is 0 Å². The van der Waals surface area contributed by atoms with Crippen molar-refractivity contribution in [2.75, 3.05) is 0 Å². The van der Waals surface area contributed by atoms with Crippen LogP contribution in [0.15, 0.2) is 23.6 Å². The number of halogens is 2. The van der Waals surface area contributed by atoms with Gasteiger partial charge in [0.05, 0.1) is 0 Å². The second-order valence-electron chi connectivity index (χ2n) is 2.19. The molecule has 0 atom stereocenters. The highest BCUT2D eigenvalue weighted by molar-refractivity contribution is 14.1. The molecule has 2 aromatic rings. The van der Waals surface area contributed by atoms with Crippen LogP contribution < -0.4 is 0 Å². The predicted octanol–water partition coefficient (Wildman–Crippen LogP) is 4.16. The summed E-state index contributed by atoms with van der Waals surface area (Å²) in [5.74, 6) is 0. The van der Waals surface area contributed by atoms with Gasteiger partial charge in [0, 0.05) is 18.7 Å². The van der Waals surface area contributed by atoms with Crippen molar-refractivity contribution in [3.63, 3.8) is 0 Å². The summed E-state index contributed by atoms with van der Waals surface area (Å²) in [7, 11) is 0. The average Bonchev–Trinajstić information content (AvgIpc) is 2.45. The summed E-state index contributed by atoms with van der Waals surface area (Å²) in [4.78, 5) is 0. The Hall–Kier alpha value is 0.200. The second-order valence-corrected chi connectivity index (χ2v) is 4.68. The predicted molar refractivity (Wildman–Crippen MR) is 59.6 cm³/mol. The van der Waals surface area contributed by atoms with E-state index in [2.05, 4.69) is 34.0 Å². The molecule has 0 spiro atoms. The van der Waals surface area contributed by atoms with E-state index in [0.29, 0.717) is 0 Å². The van der Waals surface area contributed by atoms with Crippen molar-refractivity contribution in [3.05, 3.63) is 32.2 Å². The van der Waals surface area contributed by atoms with Crippen molar-refractivity contribution in [1.82, 2.24) is 0 Å². The summed E-state index contributed by atoms with van der Waals surface area (Å²) in [6, 6.07) is 6.05. The summed E-state index contributed by atoms with van der Waals surface area (Å²) in [6.45, 7) is 0. The van der Waals surface area contributed by atoms with Crippen LogP contribution >= 0.6 is 45.5 Å². The van der Waals surface area contributed by atoms with E-state index in [0.717, 1.165) is 5.02 Å². The topological polar surface area (TPSA) is 0 Å². The number of benzene rings is 1. The van der Waals surface area contributed by atoms with Gasteiger partial charge in [-0.15, -0.1) is 11.3 Å². The van der Waals surface area contributed by atoms with Crippen molar-refractivity contribution in [2.24, 2.45) is 0 Å². The van der Waals surface area contributed by atoms with Crippen LogP contribution in [0.4, 0.5) is 0 Å². The molecule has 0 aliphatic carbocycles. The molecule has 0 aliphatic rings. The zero-order chi connectivity index (χ0) is 7.84. The number of rotatable bonds is 0. The minimum atomic E-state index is 0.849. The standard InChI is InChI=1S/C8H4ClIS/c9-6-1-2-7(10)8-5(6)3-4-11-8/h1-4H. The molecule has 2 rings (SSSR count). The minimum Gasteiger partial charge on any atom is -0.143 e. The van der Waals surface area contributed by atoms with E-state index >= 15 is 0 Å². The molecule has 0 N–H and O–H groups in total. The highest BCUT2D eigenvalue weighted by atomic mass is 127. The van der Waals surface area contributed by atoms with Gasteiger partial charge in [0.1, 0.15) is 0 Å². The fourth-order valence-electron chi connectivity index (χ4n) is 0.994. The maximum absolute atomic E-state index is 5.97. The third kappa shape index (κ3) is 1.27. The first-order valence-corrected chi connectivity index (χ1v) is 5.44. The van der Waals surface area contributed by atoms with Crippen LogP contribution in [0.25, 0.3) is 10.1 Å². The number of hydrogen-bond acceptors (Lipinski definition) is 1. The maximum Gasteiger partial charge on any atom is 0.0493 e. The van der Waals surface area contributed by atoms with Gasteiger partial charge in [0.15, 0.2) is 0 Å². The lowest BCUT2D eigenvalue weighted by atomic mass is 10.3. The van der Waals surface area contributed by atoms with E-state index in [-0.39, 0.29) is 0 Å². The van der Waals surface area contributed by atoms with Crippen molar-refractivity contribution in [2.45, 2.75) is 0 Å². The van der Waals surface area contributed by atoms with Gasteiger partial charge in [0.25, 0.3) is 0 Å². The van der Waals surface area contributed by atoms with Gasteiger partial charge in [-0.3, -0.25) is 0 Å². The Kier molecular flexibility index (Phi) is 2.08. The van der Waals surface area contributed by atoms with Gasteiger partial charge in [-0.25, -0.2) is 0 Å². The number of fused-ring (bicyclic) bond motifs is 1. The van der Waals surface area contributed by atoms with Crippen LogP contribution in [0, 0.1) is 3.57 Å². The van der Waals surface area contributed by atoms with Crippen LogP contribution in [0.1, 0.15) is 0 Å². The monoisotopic (exact) mass is 294 g/mol. The van der Waals surface area contributed by atoms with Crippen molar-refractivity contribution in [1.29, 1.82) is 0 Å². The van der Waals surface area contributed by atoms with Crippen LogP contribution in [0.3, 0.4) is 0 Å². The van der Waals surface area contributed by atoms with Crippen LogP contribution in [0.2, 0.25) is 5.02 Å². The Morgan fingerprint density at radius 2 is 2.09 bits per heavy atom. The zero-order valence-electron chi connectivity index (χ0n) is 5.47. The van der Waals surface area contributed by atoms with Crippen LogP contribution in [0.5, 0.6) is 0 Å². The van der Waals surface area contributed by atoms with Crippen LogP contribution in [-0.2, 0) is 0 Å². The number of hydrogen-bond donors (Lipinski definition) is 0. The molecule has 0 amide bonds. The molecule has 0 aliphatic heterocycles. The first kappa shape index (κ1) is 7.83. The smallest absolute Gasteiger partial charge is 0.0493 e. The number of thiophene rings is 1. The summed E-state index contributed by atoms with van der Waals surface area (Å²) in [5, 5.41) is 4.09. The van der Waals surface area contributed by atoms with Crippen molar-refractivity contribution >= 4 is 55.6 Å². The fraction of sp³-hybridized carbons (Fsp3) is 0. The van der Waals surface area contributed by atoms with E-state index in [4.69, 9.17) is 11.6 Å². The second kappa shape index (κ2) is 2.92. The largest absolute Gasteiger partial charge is 0.143 e. The summed E-state index contributed by atoms with van der Waals surface area (Å²) in [6.07, 6.45) is 0. The Labute approximate surface area is 87.3 Å². The molecule has 56 valence electrons. The van der Waals surface area contributed by atoms with E-state index in [9.17, 15) is 0 Å². The molecule has 0 saturated heterocycles. The highest BCUT2D eigenvalue weighted by Crippen LogP contribution is 2.31. The maximum atomic E-state index is 5.97. The first-order valence-electron chi connectivity index (χ1n) is 3.10.